The molecule has 162 valence electrons. The first kappa shape index (κ1) is 20.7. The normalized spacial score (nSPS) is 24.5. The van der Waals surface area contributed by atoms with Crippen molar-refractivity contribution in [2.24, 2.45) is 5.92 Å². The maximum absolute atomic E-state index is 13.2. The van der Waals surface area contributed by atoms with Crippen LogP contribution in [0.1, 0.15) is 16.2 Å². The second kappa shape index (κ2) is 8.39. The SMILES string of the molecule is O=C(OC1C[N+]2(CCCOc3ccccc3)CC1C2)C(O)(c1cccs1)c1cccs1. The van der Waals surface area contributed by atoms with Crippen LogP contribution in [0.4, 0.5) is 0 Å². The van der Waals surface area contributed by atoms with Gasteiger partial charge in [0.2, 0.25) is 5.60 Å². The van der Waals surface area contributed by atoms with Crippen LogP contribution in [0.15, 0.2) is 65.4 Å². The summed E-state index contributed by atoms with van der Waals surface area (Å²) >= 11 is 2.75. The summed E-state index contributed by atoms with van der Waals surface area (Å²) in [6, 6.07) is 17.2. The molecule has 31 heavy (non-hydrogen) atoms. The molecule has 0 amide bonds. The molecule has 3 aliphatic heterocycles. The highest BCUT2D eigenvalue weighted by molar-refractivity contribution is 7.12. The summed E-state index contributed by atoms with van der Waals surface area (Å²) in [6.45, 7) is 4.62. The predicted molar refractivity (Wildman–Crippen MR) is 121 cm³/mol. The lowest BCUT2D eigenvalue weighted by Crippen LogP contribution is -2.56. The quantitative estimate of drug-likeness (QED) is 0.302. The number of hydrogen-bond acceptors (Lipinski definition) is 6. The molecular formula is C24H26NO4S2+. The standard InChI is InChI=1S/C24H26NO4S2/c26-23(24(27,21-9-4-13-30-21)22-10-5-14-31-22)29-20-17-25(15-18(20)16-25)11-6-12-28-19-7-2-1-3-8-19/h1-5,7-10,13-14,18,20,27H,6,11-12,15-17H2/q+1. The topological polar surface area (TPSA) is 55.8 Å². The van der Waals surface area contributed by atoms with E-state index < -0.39 is 11.6 Å². The molecule has 0 radical (unpaired) electrons. The second-order valence-electron chi connectivity index (χ2n) is 8.50. The minimum Gasteiger partial charge on any atom is -0.493 e. The number of esters is 1. The maximum atomic E-state index is 13.2. The highest BCUT2D eigenvalue weighted by atomic mass is 32.1. The van der Waals surface area contributed by atoms with E-state index in [1.807, 2.05) is 53.2 Å². The van der Waals surface area contributed by atoms with Gasteiger partial charge < -0.3 is 19.1 Å². The first-order chi connectivity index (χ1) is 15.1. The van der Waals surface area contributed by atoms with Crippen LogP contribution < -0.4 is 4.74 Å². The Morgan fingerprint density at radius 2 is 1.68 bits per heavy atom. The van der Waals surface area contributed by atoms with Crippen LogP contribution in [0.5, 0.6) is 5.75 Å². The number of ether oxygens (including phenoxy) is 2. The predicted octanol–water partition coefficient (Wildman–Crippen LogP) is 3.89. The van der Waals surface area contributed by atoms with Crippen molar-refractivity contribution in [2.75, 3.05) is 32.8 Å². The Morgan fingerprint density at radius 1 is 1.00 bits per heavy atom. The molecule has 1 aromatic carbocycles. The number of aliphatic hydroxyl groups is 1. The zero-order chi connectivity index (χ0) is 21.3. The van der Waals surface area contributed by atoms with Gasteiger partial charge in [0.25, 0.3) is 0 Å². The van der Waals surface area contributed by atoms with Crippen molar-refractivity contribution in [1.82, 2.24) is 0 Å². The van der Waals surface area contributed by atoms with Gasteiger partial charge in [-0.3, -0.25) is 0 Å². The third kappa shape index (κ3) is 3.91. The molecule has 2 bridgehead atoms. The number of quaternary nitrogens is 1. The number of rotatable bonds is 9. The number of carbonyl (C=O) groups is 1. The summed E-state index contributed by atoms with van der Waals surface area (Å²) in [5, 5.41) is 15.2. The number of carbonyl (C=O) groups excluding carboxylic acids is 1. The van der Waals surface area contributed by atoms with Crippen molar-refractivity contribution >= 4 is 28.6 Å². The molecule has 3 aliphatic rings. The van der Waals surface area contributed by atoms with Crippen LogP contribution in [-0.2, 0) is 15.1 Å². The summed E-state index contributed by atoms with van der Waals surface area (Å²) in [6.07, 6.45) is 0.838. The van der Waals surface area contributed by atoms with Crippen LogP contribution in [0.25, 0.3) is 0 Å². The van der Waals surface area contributed by atoms with Crippen molar-refractivity contribution in [3.8, 4) is 5.75 Å². The smallest absolute Gasteiger partial charge is 0.349 e. The second-order valence-corrected chi connectivity index (χ2v) is 10.4. The Hall–Kier alpha value is -2.19. The summed E-state index contributed by atoms with van der Waals surface area (Å²) in [5.74, 6) is 0.732. The number of hydrogen-bond donors (Lipinski definition) is 1. The zero-order valence-corrected chi connectivity index (χ0v) is 18.8. The summed E-state index contributed by atoms with van der Waals surface area (Å²) in [7, 11) is 0. The number of para-hydroxylation sites is 1. The molecule has 0 aliphatic carbocycles. The van der Waals surface area contributed by atoms with Gasteiger partial charge in [0.1, 0.15) is 12.3 Å². The van der Waals surface area contributed by atoms with Gasteiger partial charge in [0, 0.05) is 6.42 Å². The average molecular weight is 457 g/mol. The highest BCUT2D eigenvalue weighted by Crippen LogP contribution is 2.42. The van der Waals surface area contributed by atoms with E-state index in [9.17, 15) is 9.90 Å². The lowest BCUT2D eigenvalue weighted by Gasteiger charge is -2.41. The van der Waals surface area contributed by atoms with Crippen LogP contribution in [0.3, 0.4) is 0 Å². The Bertz CT molecular complexity index is 963. The molecule has 5 heterocycles. The minimum atomic E-state index is -1.72. The van der Waals surface area contributed by atoms with Crippen molar-refractivity contribution < 1.29 is 23.9 Å². The van der Waals surface area contributed by atoms with E-state index in [1.54, 1.807) is 12.1 Å². The van der Waals surface area contributed by atoms with Crippen LogP contribution >= 0.6 is 22.7 Å². The third-order valence-electron chi connectivity index (χ3n) is 6.43. The minimum absolute atomic E-state index is 0.131. The van der Waals surface area contributed by atoms with E-state index in [4.69, 9.17) is 9.47 Å². The fourth-order valence-corrected chi connectivity index (χ4v) is 6.60. The first-order valence-corrected chi connectivity index (χ1v) is 12.4. The molecule has 3 fully saturated rings. The number of nitrogens with zero attached hydrogens (tertiary/aromatic N) is 1. The Balaban J connectivity index is 1.18. The zero-order valence-electron chi connectivity index (χ0n) is 17.2. The van der Waals surface area contributed by atoms with Crippen LogP contribution in [-0.4, -0.2) is 54.4 Å². The molecular weight excluding hydrogens is 430 g/mol. The third-order valence-corrected chi connectivity index (χ3v) is 8.39. The van der Waals surface area contributed by atoms with Crippen LogP contribution in [0.2, 0.25) is 0 Å². The molecule has 1 N–H and O–H groups in total. The number of fused-ring (bicyclic) bond motifs is 1. The van der Waals surface area contributed by atoms with E-state index in [2.05, 4.69) is 0 Å². The Morgan fingerprint density at radius 3 is 2.29 bits per heavy atom. The first-order valence-electron chi connectivity index (χ1n) is 10.6. The molecule has 1 atom stereocenters. The molecule has 3 aromatic rings. The lowest BCUT2D eigenvalue weighted by atomic mass is 9.98. The van der Waals surface area contributed by atoms with Gasteiger partial charge in [0.15, 0.2) is 6.10 Å². The molecule has 1 unspecified atom stereocenters. The van der Waals surface area contributed by atoms with Gasteiger partial charge >= 0.3 is 5.97 Å². The molecule has 5 nitrogen and oxygen atoms in total. The molecule has 2 aromatic heterocycles. The van der Waals surface area contributed by atoms with E-state index >= 15 is 0 Å². The van der Waals surface area contributed by atoms with E-state index in [-0.39, 0.29) is 6.10 Å². The fraction of sp³-hybridized carbons (Fsp3) is 0.375. The van der Waals surface area contributed by atoms with Gasteiger partial charge in [0.05, 0.1) is 41.9 Å². The summed E-state index contributed by atoms with van der Waals surface area (Å²) in [5.41, 5.74) is -1.72. The van der Waals surface area contributed by atoms with Gasteiger partial charge in [-0.2, -0.15) is 0 Å². The van der Waals surface area contributed by atoms with Crippen molar-refractivity contribution in [2.45, 2.75) is 18.1 Å². The van der Waals surface area contributed by atoms with Crippen molar-refractivity contribution in [3.63, 3.8) is 0 Å². The Kier molecular flexibility index (Phi) is 5.60. The van der Waals surface area contributed by atoms with E-state index in [0.29, 0.717) is 22.3 Å². The van der Waals surface area contributed by atoms with Gasteiger partial charge in [-0.05, 0) is 35.0 Å². The molecule has 0 saturated carbocycles. The fourth-order valence-electron chi connectivity index (χ4n) is 4.88. The average Bonchev–Trinajstić information content (AvgIpc) is 3.55. The monoisotopic (exact) mass is 456 g/mol. The molecule has 7 heteroatoms. The van der Waals surface area contributed by atoms with E-state index in [1.165, 1.54) is 22.7 Å². The van der Waals surface area contributed by atoms with Crippen molar-refractivity contribution in [1.29, 1.82) is 0 Å². The number of benzene rings is 1. The Labute approximate surface area is 190 Å². The molecule has 3 saturated heterocycles. The van der Waals surface area contributed by atoms with Crippen molar-refractivity contribution in [3.05, 3.63) is 75.1 Å². The van der Waals surface area contributed by atoms with Gasteiger partial charge in [-0.1, -0.05) is 30.3 Å². The van der Waals surface area contributed by atoms with Gasteiger partial charge in [-0.25, -0.2) is 4.79 Å². The molecule has 6 rings (SSSR count). The lowest BCUT2D eigenvalue weighted by molar-refractivity contribution is -0.949. The largest absolute Gasteiger partial charge is 0.493 e. The maximum Gasteiger partial charge on any atom is 0.349 e. The van der Waals surface area contributed by atoms with Crippen LogP contribution in [0, 0.1) is 5.92 Å². The van der Waals surface area contributed by atoms with E-state index in [0.717, 1.165) is 42.8 Å². The highest BCUT2D eigenvalue weighted by Gasteiger charge is 2.60. The molecule has 0 spiro atoms. The van der Waals surface area contributed by atoms with Gasteiger partial charge in [-0.15, -0.1) is 22.7 Å². The summed E-state index contributed by atoms with van der Waals surface area (Å²) < 4.78 is 12.8. The number of thiophene rings is 2. The summed E-state index contributed by atoms with van der Waals surface area (Å²) in [4.78, 5) is 14.4.